The Hall–Kier alpha value is -2.97. The molecule has 2 aromatic carbocycles. The van der Waals surface area contributed by atoms with Crippen molar-refractivity contribution < 1.29 is 13.2 Å². The molecule has 0 saturated heterocycles. The first kappa shape index (κ1) is 23.2. The molecular formula is C25H29N3O4S. The van der Waals surface area contributed by atoms with E-state index in [1.165, 1.54) is 11.4 Å². The highest BCUT2D eigenvalue weighted by Gasteiger charge is 2.31. The third-order valence-electron chi connectivity index (χ3n) is 6.08. The number of aromatic amines is 1. The number of rotatable bonds is 7. The number of nitrogens with zero attached hydrogens (tertiary/aromatic N) is 2. The molecule has 0 unspecified atom stereocenters. The van der Waals surface area contributed by atoms with Gasteiger partial charge in [-0.25, -0.2) is 13.5 Å². The van der Waals surface area contributed by atoms with E-state index in [-0.39, 0.29) is 28.8 Å². The average molecular weight is 468 g/mol. The fourth-order valence-electron chi connectivity index (χ4n) is 4.36. The lowest BCUT2D eigenvalue weighted by Gasteiger charge is -2.27. The lowest BCUT2D eigenvalue weighted by atomic mass is 9.90. The summed E-state index contributed by atoms with van der Waals surface area (Å²) >= 11 is 0. The summed E-state index contributed by atoms with van der Waals surface area (Å²) in [5.74, 6) is 0.274. The topological polar surface area (TPSA) is 92.4 Å². The number of benzene rings is 2. The van der Waals surface area contributed by atoms with Gasteiger partial charge in [-0.05, 0) is 68.9 Å². The first-order chi connectivity index (χ1) is 15.8. The van der Waals surface area contributed by atoms with Crippen LogP contribution in [0.1, 0.15) is 43.4 Å². The Kier molecular flexibility index (Phi) is 6.67. The molecular weight excluding hydrogens is 438 g/mol. The maximum atomic E-state index is 13.9. The normalized spacial score (nSPS) is 13.8. The number of nitrogens with one attached hydrogen (secondary N) is 1. The van der Waals surface area contributed by atoms with Crippen molar-refractivity contribution in [2.75, 3.05) is 7.11 Å². The van der Waals surface area contributed by atoms with Crippen molar-refractivity contribution in [3.05, 3.63) is 75.6 Å². The van der Waals surface area contributed by atoms with Crippen LogP contribution < -0.4 is 10.3 Å². The van der Waals surface area contributed by atoms with Gasteiger partial charge >= 0.3 is 0 Å². The van der Waals surface area contributed by atoms with Crippen LogP contribution in [-0.2, 0) is 29.4 Å². The highest BCUT2D eigenvalue weighted by Crippen LogP contribution is 2.35. The number of aromatic nitrogens is 2. The zero-order valence-electron chi connectivity index (χ0n) is 19.2. The minimum atomic E-state index is -3.89. The molecule has 3 aromatic rings. The number of ether oxygens (including phenoxy) is 1. The Morgan fingerprint density at radius 3 is 2.42 bits per heavy atom. The molecule has 0 atom stereocenters. The van der Waals surface area contributed by atoms with Crippen molar-refractivity contribution in [1.29, 1.82) is 0 Å². The summed E-state index contributed by atoms with van der Waals surface area (Å²) < 4.78 is 34.6. The maximum Gasteiger partial charge on any atom is 0.267 e. The second-order valence-corrected chi connectivity index (χ2v) is 10.4. The highest BCUT2D eigenvalue weighted by atomic mass is 32.2. The molecule has 0 aliphatic heterocycles. The summed E-state index contributed by atoms with van der Waals surface area (Å²) in [5, 5.41) is 6.89. The summed E-state index contributed by atoms with van der Waals surface area (Å²) in [6.07, 6.45) is 3.40. The van der Waals surface area contributed by atoms with Crippen LogP contribution in [-0.4, -0.2) is 36.1 Å². The Morgan fingerprint density at radius 1 is 1.06 bits per heavy atom. The van der Waals surface area contributed by atoms with E-state index in [4.69, 9.17) is 4.74 Å². The smallest absolute Gasteiger partial charge is 0.267 e. The van der Waals surface area contributed by atoms with Crippen molar-refractivity contribution in [2.24, 2.45) is 0 Å². The van der Waals surface area contributed by atoms with Crippen molar-refractivity contribution in [1.82, 2.24) is 14.5 Å². The van der Waals surface area contributed by atoms with E-state index >= 15 is 0 Å². The molecule has 1 aliphatic carbocycles. The fraction of sp³-hybridized carbons (Fsp3) is 0.360. The van der Waals surface area contributed by atoms with Crippen LogP contribution in [0.3, 0.4) is 0 Å². The zero-order valence-corrected chi connectivity index (χ0v) is 20.0. The number of hydrogen-bond donors (Lipinski definition) is 1. The number of hydrogen-bond acceptors (Lipinski definition) is 5. The summed E-state index contributed by atoms with van der Waals surface area (Å²) in [7, 11) is -2.43. The molecule has 4 rings (SSSR count). The molecule has 1 heterocycles. The lowest BCUT2D eigenvalue weighted by molar-refractivity contribution is 0.343. The second kappa shape index (κ2) is 9.49. The second-order valence-electron chi connectivity index (χ2n) is 8.56. The molecule has 1 aromatic heterocycles. The number of sulfonamides is 1. The van der Waals surface area contributed by atoms with E-state index in [0.717, 1.165) is 36.0 Å². The Morgan fingerprint density at radius 2 is 1.76 bits per heavy atom. The van der Waals surface area contributed by atoms with Gasteiger partial charge in [-0.1, -0.05) is 30.3 Å². The van der Waals surface area contributed by atoms with Gasteiger partial charge in [-0.15, -0.1) is 0 Å². The van der Waals surface area contributed by atoms with Gasteiger partial charge in [0.2, 0.25) is 10.0 Å². The van der Waals surface area contributed by atoms with Crippen LogP contribution in [0.15, 0.2) is 58.2 Å². The quantitative estimate of drug-likeness (QED) is 0.569. The Balaban J connectivity index is 1.82. The molecule has 174 valence electrons. The van der Waals surface area contributed by atoms with Gasteiger partial charge in [0.05, 0.1) is 12.8 Å². The van der Waals surface area contributed by atoms with E-state index in [0.29, 0.717) is 17.7 Å². The summed E-state index contributed by atoms with van der Waals surface area (Å²) in [6.45, 7) is 3.97. The van der Waals surface area contributed by atoms with Crippen molar-refractivity contribution in [2.45, 2.75) is 57.0 Å². The Labute approximate surface area is 194 Å². The van der Waals surface area contributed by atoms with E-state index in [1.54, 1.807) is 18.2 Å². The number of fused-ring (bicyclic) bond motifs is 1. The molecule has 1 N–H and O–H groups in total. The number of H-pyrrole nitrogens is 1. The maximum absolute atomic E-state index is 13.9. The zero-order chi connectivity index (χ0) is 23.6. The van der Waals surface area contributed by atoms with Gasteiger partial charge in [-0.3, -0.25) is 4.79 Å². The minimum Gasteiger partial charge on any atom is -0.495 e. The van der Waals surface area contributed by atoms with E-state index in [1.807, 2.05) is 44.2 Å². The van der Waals surface area contributed by atoms with Crippen LogP contribution in [0.5, 0.6) is 5.75 Å². The molecule has 0 amide bonds. The summed E-state index contributed by atoms with van der Waals surface area (Å²) in [5.41, 5.74) is 3.67. The van der Waals surface area contributed by atoms with E-state index < -0.39 is 10.0 Å². The molecule has 0 radical (unpaired) electrons. The van der Waals surface area contributed by atoms with Crippen LogP contribution >= 0.6 is 0 Å². The van der Waals surface area contributed by atoms with Crippen molar-refractivity contribution in [3.8, 4) is 17.0 Å². The highest BCUT2D eigenvalue weighted by molar-refractivity contribution is 7.89. The van der Waals surface area contributed by atoms with Crippen LogP contribution in [0, 0.1) is 0 Å². The van der Waals surface area contributed by atoms with Gasteiger partial charge in [0.1, 0.15) is 10.6 Å². The standard InChI is InChI=1S/C25H29N3O4S/c1-17(2)28(16-18-9-5-4-6-10-18)33(30,31)23-15-19(13-14-22(23)32-3)24-20-11-7-8-12-21(20)25(29)27-26-24/h4-6,9-10,13-15,17H,7-8,11-12,16H2,1-3H3,(H,27,29). The Bertz CT molecular complexity index is 1300. The van der Waals surface area contributed by atoms with E-state index in [9.17, 15) is 13.2 Å². The summed E-state index contributed by atoms with van der Waals surface area (Å²) in [4.78, 5) is 12.4. The van der Waals surface area contributed by atoms with Crippen molar-refractivity contribution in [3.63, 3.8) is 0 Å². The van der Waals surface area contributed by atoms with Crippen LogP contribution in [0.4, 0.5) is 0 Å². The third kappa shape index (κ3) is 4.58. The molecule has 8 heteroatoms. The van der Waals surface area contributed by atoms with Crippen LogP contribution in [0.25, 0.3) is 11.3 Å². The van der Waals surface area contributed by atoms with Gasteiger partial charge < -0.3 is 4.74 Å². The molecule has 0 saturated carbocycles. The van der Waals surface area contributed by atoms with Gasteiger partial charge in [0, 0.05) is 23.7 Å². The van der Waals surface area contributed by atoms with Crippen LogP contribution in [0.2, 0.25) is 0 Å². The number of methoxy groups -OCH3 is 1. The molecule has 1 aliphatic rings. The fourth-order valence-corrected chi connectivity index (χ4v) is 6.17. The summed E-state index contributed by atoms with van der Waals surface area (Å²) in [6, 6.07) is 14.3. The third-order valence-corrected chi connectivity index (χ3v) is 8.12. The molecule has 0 bridgehead atoms. The molecule has 7 nitrogen and oxygen atoms in total. The predicted molar refractivity (Wildman–Crippen MR) is 128 cm³/mol. The monoisotopic (exact) mass is 467 g/mol. The SMILES string of the molecule is COc1ccc(-c2n[nH]c(=O)c3c2CCCC3)cc1S(=O)(=O)N(Cc1ccccc1)C(C)C. The van der Waals surface area contributed by atoms with Gasteiger partial charge in [0.25, 0.3) is 5.56 Å². The minimum absolute atomic E-state index is 0.0877. The first-order valence-corrected chi connectivity index (χ1v) is 12.6. The van der Waals surface area contributed by atoms with E-state index in [2.05, 4.69) is 10.2 Å². The van der Waals surface area contributed by atoms with Gasteiger partial charge in [-0.2, -0.15) is 9.40 Å². The molecule has 33 heavy (non-hydrogen) atoms. The predicted octanol–water partition coefficient (Wildman–Crippen LogP) is 3.92. The largest absolute Gasteiger partial charge is 0.495 e. The molecule has 0 fully saturated rings. The average Bonchev–Trinajstić information content (AvgIpc) is 2.83. The first-order valence-electron chi connectivity index (χ1n) is 11.2. The van der Waals surface area contributed by atoms with Crippen molar-refractivity contribution >= 4 is 10.0 Å². The molecule has 0 spiro atoms. The van der Waals surface area contributed by atoms with Gasteiger partial charge in [0.15, 0.2) is 0 Å². The lowest BCUT2D eigenvalue weighted by Crippen LogP contribution is -2.36.